The quantitative estimate of drug-likeness (QED) is 0.483. The number of hydrogen-bond acceptors (Lipinski definition) is 6. The number of pyridine rings is 1. The SMILES string of the molecule is Cc1nnnn1-c1cc(NC(=O)c2cnn(-c3ccc(C(F)(F)F)cn3)c2C)ccc1F. The van der Waals surface area contributed by atoms with Crippen LogP contribution < -0.4 is 5.32 Å². The molecule has 4 rings (SSSR count). The number of rotatable bonds is 4. The van der Waals surface area contributed by atoms with Gasteiger partial charge in [0.25, 0.3) is 5.91 Å². The van der Waals surface area contributed by atoms with Gasteiger partial charge in [-0.15, -0.1) is 5.10 Å². The number of aromatic nitrogens is 7. The molecule has 32 heavy (non-hydrogen) atoms. The number of benzene rings is 1. The third-order valence-electron chi connectivity index (χ3n) is 4.60. The van der Waals surface area contributed by atoms with Crippen molar-refractivity contribution in [2.24, 2.45) is 0 Å². The first-order valence-electron chi connectivity index (χ1n) is 9.09. The van der Waals surface area contributed by atoms with E-state index in [0.29, 0.717) is 17.7 Å². The van der Waals surface area contributed by atoms with Gasteiger partial charge in [-0.2, -0.15) is 23.0 Å². The van der Waals surface area contributed by atoms with Gasteiger partial charge in [-0.25, -0.2) is 14.1 Å². The zero-order chi connectivity index (χ0) is 23.0. The zero-order valence-electron chi connectivity index (χ0n) is 16.6. The van der Waals surface area contributed by atoms with E-state index in [1.54, 1.807) is 13.8 Å². The summed E-state index contributed by atoms with van der Waals surface area (Å²) in [5, 5.41) is 17.6. The van der Waals surface area contributed by atoms with Crippen LogP contribution in [0.2, 0.25) is 0 Å². The fourth-order valence-electron chi connectivity index (χ4n) is 2.95. The maximum atomic E-state index is 14.2. The monoisotopic (exact) mass is 446 g/mol. The molecule has 0 atom stereocenters. The fourth-order valence-corrected chi connectivity index (χ4v) is 2.95. The van der Waals surface area contributed by atoms with Crippen LogP contribution in [0.25, 0.3) is 11.5 Å². The number of aryl methyl sites for hydroxylation is 1. The fraction of sp³-hybridized carbons (Fsp3) is 0.158. The van der Waals surface area contributed by atoms with E-state index in [-0.39, 0.29) is 22.8 Å². The van der Waals surface area contributed by atoms with Crippen LogP contribution in [0, 0.1) is 19.7 Å². The van der Waals surface area contributed by atoms with Gasteiger partial charge in [0, 0.05) is 11.9 Å². The number of hydrogen-bond donors (Lipinski definition) is 1. The van der Waals surface area contributed by atoms with E-state index in [2.05, 4.69) is 30.9 Å². The smallest absolute Gasteiger partial charge is 0.322 e. The van der Waals surface area contributed by atoms with E-state index in [4.69, 9.17) is 0 Å². The van der Waals surface area contributed by atoms with Crippen molar-refractivity contribution in [2.75, 3.05) is 5.32 Å². The van der Waals surface area contributed by atoms with E-state index in [0.717, 1.165) is 18.2 Å². The maximum Gasteiger partial charge on any atom is 0.417 e. The van der Waals surface area contributed by atoms with Gasteiger partial charge < -0.3 is 5.32 Å². The predicted molar refractivity (Wildman–Crippen MR) is 103 cm³/mol. The van der Waals surface area contributed by atoms with E-state index < -0.39 is 23.5 Å². The summed E-state index contributed by atoms with van der Waals surface area (Å²) < 4.78 is 54.8. The highest BCUT2D eigenvalue weighted by atomic mass is 19.4. The third-order valence-corrected chi connectivity index (χ3v) is 4.60. The number of carbonyl (C=O) groups excluding carboxylic acids is 1. The molecule has 0 radical (unpaired) electrons. The molecule has 3 aromatic heterocycles. The number of alkyl halides is 3. The molecular weight excluding hydrogens is 432 g/mol. The topological polar surface area (TPSA) is 103 Å². The van der Waals surface area contributed by atoms with E-state index in [1.165, 1.54) is 27.7 Å². The molecule has 0 saturated carbocycles. The van der Waals surface area contributed by atoms with Gasteiger partial charge in [-0.1, -0.05) is 0 Å². The molecule has 0 spiro atoms. The summed E-state index contributed by atoms with van der Waals surface area (Å²) in [4.78, 5) is 16.5. The van der Waals surface area contributed by atoms with E-state index in [1.807, 2.05) is 0 Å². The second-order valence-corrected chi connectivity index (χ2v) is 6.72. The van der Waals surface area contributed by atoms with E-state index in [9.17, 15) is 22.4 Å². The molecule has 0 aliphatic heterocycles. The standard InChI is InChI=1S/C19H14F4N8O/c1-10-14(9-25-30(10)17-6-3-12(8-24-17)19(21,22)23)18(32)26-13-4-5-15(20)16(7-13)31-11(2)27-28-29-31/h3-9H,1-2H3,(H,26,32). The lowest BCUT2D eigenvalue weighted by molar-refractivity contribution is -0.137. The normalized spacial score (nSPS) is 11.6. The summed E-state index contributed by atoms with van der Waals surface area (Å²) in [5.41, 5.74) is -0.0497. The Bertz CT molecular complexity index is 1290. The van der Waals surface area contributed by atoms with Gasteiger partial charge in [0.05, 0.1) is 23.0 Å². The van der Waals surface area contributed by atoms with Crippen molar-refractivity contribution in [3.8, 4) is 11.5 Å². The van der Waals surface area contributed by atoms with Crippen LogP contribution in [0.4, 0.5) is 23.2 Å². The van der Waals surface area contributed by atoms with Gasteiger partial charge in [-0.3, -0.25) is 4.79 Å². The first kappa shape index (κ1) is 21.1. The van der Waals surface area contributed by atoms with Crippen molar-refractivity contribution in [3.63, 3.8) is 0 Å². The highest BCUT2D eigenvalue weighted by Crippen LogP contribution is 2.29. The molecule has 0 bridgehead atoms. The highest BCUT2D eigenvalue weighted by Gasteiger charge is 2.31. The number of tetrazole rings is 1. The number of nitrogens with zero attached hydrogens (tertiary/aromatic N) is 7. The minimum Gasteiger partial charge on any atom is -0.322 e. The molecule has 0 fully saturated rings. The Hall–Kier alpha value is -4.16. The van der Waals surface area contributed by atoms with Crippen molar-refractivity contribution in [2.45, 2.75) is 20.0 Å². The van der Waals surface area contributed by atoms with Gasteiger partial charge in [0.15, 0.2) is 11.6 Å². The summed E-state index contributed by atoms with van der Waals surface area (Å²) in [6, 6.07) is 5.94. The number of carbonyl (C=O) groups is 1. The summed E-state index contributed by atoms with van der Waals surface area (Å²) in [5.74, 6) is -0.663. The molecule has 0 unspecified atom stereocenters. The Morgan fingerprint density at radius 2 is 1.84 bits per heavy atom. The second-order valence-electron chi connectivity index (χ2n) is 6.72. The highest BCUT2D eigenvalue weighted by molar-refractivity contribution is 6.05. The Labute approximate surface area is 177 Å². The summed E-state index contributed by atoms with van der Waals surface area (Å²) in [6.45, 7) is 3.17. The molecular formula is C19H14F4N8O. The minimum atomic E-state index is -4.51. The summed E-state index contributed by atoms with van der Waals surface area (Å²) in [7, 11) is 0. The lowest BCUT2D eigenvalue weighted by atomic mass is 10.2. The molecule has 13 heteroatoms. The van der Waals surface area contributed by atoms with Crippen molar-refractivity contribution < 1.29 is 22.4 Å². The van der Waals surface area contributed by atoms with Crippen molar-refractivity contribution >= 4 is 11.6 Å². The summed E-state index contributed by atoms with van der Waals surface area (Å²) >= 11 is 0. The summed E-state index contributed by atoms with van der Waals surface area (Å²) in [6.07, 6.45) is -2.55. The predicted octanol–water partition coefficient (Wildman–Crippen LogP) is 3.27. The van der Waals surface area contributed by atoms with Crippen LogP contribution in [-0.4, -0.2) is 40.9 Å². The third kappa shape index (κ3) is 3.91. The van der Waals surface area contributed by atoms with Gasteiger partial charge in [-0.05, 0) is 54.6 Å². The Morgan fingerprint density at radius 1 is 1.06 bits per heavy atom. The average Bonchev–Trinajstić information content (AvgIpc) is 3.34. The van der Waals surface area contributed by atoms with Gasteiger partial charge >= 0.3 is 6.18 Å². The minimum absolute atomic E-state index is 0.0478. The number of nitrogens with one attached hydrogen (secondary N) is 1. The number of halogens is 4. The maximum absolute atomic E-state index is 14.2. The first-order chi connectivity index (χ1) is 15.1. The average molecular weight is 446 g/mol. The molecule has 0 aliphatic carbocycles. The largest absolute Gasteiger partial charge is 0.417 e. The zero-order valence-corrected chi connectivity index (χ0v) is 16.6. The number of amides is 1. The molecule has 3 heterocycles. The van der Waals surface area contributed by atoms with Crippen LogP contribution in [0.3, 0.4) is 0 Å². The van der Waals surface area contributed by atoms with Crippen LogP contribution in [-0.2, 0) is 6.18 Å². The van der Waals surface area contributed by atoms with Crippen LogP contribution in [0.5, 0.6) is 0 Å². The van der Waals surface area contributed by atoms with Crippen LogP contribution >= 0.6 is 0 Å². The van der Waals surface area contributed by atoms with Crippen molar-refractivity contribution in [3.05, 3.63) is 71.2 Å². The Kier molecular flexibility index (Phi) is 5.16. The Morgan fingerprint density at radius 3 is 2.47 bits per heavy atom. The lowest BCUT2D eigenvalue weighted by Gasteiger charge is -2.10. The molecule has 0 saturated heterocycles. The van der Waals surface area contributed by atoms with Gasteiger partial charge in [0.1, 0.15) is 11.5 Å². The van der Waals surface area contributed by atoms with Crippen molar-refractivity contribution in [1.29, 1.82) is 0 Å². The Balaban J connectivity index is 1.58. The second kappa shape index (κ2) is 7.83. The molecule has 164 valence electrons. The number of anilines is 1. The molecule has 0 aliphatic rings. The molecule has 1 N–H and O–H groups in total. The molecule has 9 nitrogen and oxygen atoms in total. The van der Waals surface area contributed by atoms with E-state index >= 15 is 0 Å². The van der Waals surface area contributed by atoms with Crippen molar-refractivity contribution in [1.82, 2.24) is 35.0 Å². The molecule has 4 aromatic rings. The molecule has 1 aromatic carbocycles. The lowest BCUT2D eigenvalue weighted by Crippen LogP contribution is -2.14. The van der Waals surface area contributed by atoms with Crippen LogP contribution in [0.1, 0.15) is 27.4 Å². The van der Waals surface area contributed by atoms with Gasteiger partial charge in [0.2, 0.25) is 0 Å². The molecule has 1 amide bonds. The van der Waals surface area contributed by atoms with Crippen LogP contribution in [0.15, 0.2) is 42.7 Å². The first-order valence-corrected chi connectivity index (χ1v) is 9.09.